The van der Waals surface area contributed by atoms with Gasteiger partial charge >= 0.3 is 0 Å². The topological polar surface area (TPSA) is 0 Å². The molecule has 4 rings (SSSR count). The van der Waals surface area contributed by atoms with Crippen LogP contribution in [0.5, 0.6) is 0 Å². The minimum absolute atomic E-state index is 1.21. The average molecular weight is 298 g/mol. The fourth-order valence-electron chi connectivity index (χ4n) is 3.96. The summed E-state index contributed by atoms with van der Waals surface area (Å²) in [4.78, 5) is 0. The van der Waals surface area contributed by atoms with Crippen LogP contribution in [0.4, 0.5) is 0 Å². The first-order valence-corrected chi connectivity index (χ1v) is 8.61. The molecule has 3 aromatic carbocycles. The summed E-state index contributed by atoms with van der Waals surface area (Å²) in [7, 11) is 0. The van der Waals surface area contributed by atoms with Crippen LogP contribution >= 0.6 is 0 Å². The van der Waals surface area contributed by atoms with E-state index in [2.05, 4.69) is 73.7 Å². The van der Waals surface area contributed by atoms with Crippen LogP contribution in [0.3, 0.4) is 0 Å². The zero-order valence-corrected chi connectivity index (χ0v) is 13.7. The Morgan fingerprint density at radius 3 is 1.87 bits per heavy atom. The van der Waals surface area contributed by atoms with Crippen molar-refractivity contribution in [2.75, 3.05) is 0 Å². The molecule has 0 fully saturated rings. The predicted molar refractivity (Wildman–Crippen MR) is 98.7 cm³/mol. The molecule has 0 aromatic heterocycles. The summed E-state index contributed by atoms with van der Waals surface area (Å²) in [5.74, 6) is 0. The van der Waals surface area contributed by atoms with E-state index in [1.54, 1.807) is 11.1 Å². The molecule has 3 aromatic rings. The maximum absolute atomic E-state index is 2.43. The van der Waals surface area contributed by atoms with E-state index in [1.165, 1.54) is 53.5 Å². The molecule has 0 N–H and O–H groups in total. The summed E-state index contributed by atoms with van der Waals surface area (Å²) in [5, 5.41) is 0. The molecule has 0 radical (unpaired) electrons. The van der Waals surface area contributed by atoms with Crippen LogP contribution in [0, 0.1) is 6.92 Å². The van der Waals surface area contributed by atoms with Crippen LogP contribution in [-0.2, 0) is 12.8 Å². The molecule has 0 nitrogen and oxygen atoms in total. The van der Waals surface area contributed by atoms with Crippen LogP contribution in [-0.4, -0.2) is 0 Å². The van der Waals surface area contributed by atoms with E-state index < -0.39 is 0 Å². The first kappa shape index (κ1) is 14.3. The Morgan fingerprint density at radius 1 is 0.652 bits per heavy atom. The van der Waals surface area contributed by atoms with Crippen molar-refractivity contribution < 1.29 is 0 Å². The molecule has 0 unspecified atom stereocenters. The predicted octanol–water partition coefficient (Wildman–Crippen LogP) is 6.21. The van der Waals surface area contributed by atoms with E-state index in [-0.39, 0.29) is 0 Å². The van der Waals surface area contributed by atoms with E-state index in [4.69, 9.17) is 0 Å². The number of benzene rings is 3. The van der Waals surface area contributed by atoms with Crippen molar-refractivity contribution in [3.8, 4) is 22.3 Å². The largest absolute Gasteiger partial charge is 0.0622 e. The zero-order chi connectivity index (χ0) is 15.6. The number of hydrogen-bond donors (Lipinski definition) is 0. The van der Waals surface area contributed by atoms with Gasteiger partial charge in [0, 0.05) is 0 Å². The number of fused-ring (bicyclic) bond motifs is 1. The molecule has 0 bridgehead atoms. The Kier molecular flexibility index (Phi) is 3.75. The lowest BCUT2D eigenvalue weighted by molar-refractivity contribution is 0.686. The Hall–Kier alpha value is -2.34. The maximum Gasteiger partial charge on any atom is -0.00679 e. The monoisotopic (exact) mass is 298 g/mol. The highest BCUT2D eigenvalue weighted by molar-refractivity contribution is 5.88. The van der Waals surface area contributed by atoms with Gasteiger partial charge in [0.2, 0.25) is 0 Å². The minimum Gasteiger partial charge on any atom is -0.0622 e. The van der Waals surface area contributed by atoms with Crippen molar-refractivity contribution in [2.24, 2.45) is 0 Å². The average Bonchev–Trinajstić information content (AvgIpc) is 2.62. The van der Waals surface area contributed by atoms with Crippen LogP contribution in [0.25, 0.3) is 22.3 Å². The highest BCUT2D eigenvalue weighted by Gasteiger charge is 2.20. The Morgan fingerprint density at radius 2 is 1.22 bits per heavy atom. The van der Waals surface area contributed by atoms with Crippen molar-refractivity contribution in [1.29, 1.82) is 0 Å². The van der Waals surface area contributed by atoms with Gasteiger partial charge in [0.1, 0.15) is 0 Å². The molecule has 0 heteroatoms. The molecule has 23 heavy (non-hydrogen) atoms. The Balaban J connectivity index is 2.05. The Labute approximate surface area is 138 Å². The van der Waals surface area contributed by atoms with Gasteiger partial charge in [-0.05, 0) is 71.6 Å². The summed E-state index contributed by atoms with van der Waals surface area (Å²) in [6.07, 6.45) is 5.07. The smallest absolute Gasteiger partial charge is 0.00679 e. The van der Waals surface area contributed by atoms with Gasteiger partial charge in [0.05, 0.1) is 0 Å². The molecule has 0 saturated carbocycles. The van der Waals surface area contributed by atoms with Crippen molar-refractivity contribution in [2.45, 2.75) is 32.6 Å². The Bertz CT molecular complexity index is 814. The fraction of sp³-hybridized carbons (Fsp3) is 0.217. The van der Waals surface area contributed by atoms with Crippen molar-refractivity contribution >= 4 is 0 Å². The van der Waals surface area contributed by atoms with E-state index in [1.807, 2.05) is 0 Å². The van der Waals surface area contributed by atoms with Crippen molar-refractivity contribution in [1.82, 2.24) is 0 Å². The van der Waals surface area contributed by atoms with E-state index in [0.29, 0.717) is 0 Å². The quantitative estimate of drug-likeness (QED) is 0.528. The number of rotatable bonds is 2. The second-order valence-electron chi connectivity index (χ2n) is 6.52. The molecule has 0 heterocycles. The van der Waals surface area contributed by atoms with E-state index in [0.717, 1.165) is 0 Å². The summed E-state index contributed by atoms with van der Waals surface area (Å²) in [5.41, 5.74) is 10.1. The normalized spacial score (nSPS) is 13.6. The van der Waals surface area contributed by atoms with Gasteiger partial charge in [-0.3, -0.25) is 0 Å². The maximum atomic E-state index is 2.43. The third-order valence-corrected chi connectivity index (χ3v) is 4.97. The van der Waals surface area contributed by atoms with Gasteiger partial charge in [0.25, 0.3) is 0 Å². The molecular weight excluding hydrogens is 276 g/mol. The summed E-state index contributed by atoms with van der Waals surface area (Å²) < 4.78 is 0. The molecule has 0 atom stereocenters. The van der Waals surface area contributed by atoms with Crippen LogP contribution in [0.1, 0.15) is 29.5 Å². The molecule has 1 aliphatic carbocycles. The van der Waals surface area contributed by atoms with Crippen LogP contribution in [0.2, 0.25) is 0 Å². The second-order valence-corrected chi connectivity index (χ2v) is 6.52. The lowest BCUT2D eigenvalue weighted by Crippen LogP contribution is -2.07. The molecule has 1 aliphatic rings. The van der Waals surface area contributed by atoms with Crippen molar-refractivity contribution in [3.63, 3.8) is 0 Å². The van der Waals surface area contributed by atoms with Gasteiger partial charge in [-0.2, -0.15) is 0 Å². The fourth-order valence-corrected chi connectivity index (χ4v) is 3.96. The number of hydrogen-bond acceptors (Lipinski definition) is 0. The van der Waals surface area contributed by atoms with Gasteiger partial charge < -0.3 is 0 Å². The number of aryl methyl sites for hydroxylation is 2. The highest BCUT2D eigenvalue weighted by atomic mass is 14.2. The standard InChI is InChI=1S/C23H22/c1-17-16-20-14-8-9-15-21(20)23(19-12-6-3-7-13-19)22(17)18-10-4-2-5-11-18/h2-7,10-13,16H,8-9,14-15H2,1H3. The third kappa shape index (κ3) is 2.59. The molecule has 0 spiro atoms. The van der Waals surface area contributed by atoms with Crippen LogP contribution in [0.15, 0.2) is 66.7 Å². The molecule has 0 amide bonds. The van der Waals surface area contributed by atoms with Gasteiger partial charge in [-0.15, -0.1) is 0 Å². The third-order valence-electron chi connectivity index (χ3n) is 4.97. The molecular formula is C23H22. The zero-order valence-electron chi connectivity index (χ0n) is 13.7. The highest BCUT2D eigenvalue weighted by Crippen LogP contribution is 2.41. The van der Waals surface area contributed by atoms with Gasteiger partial charge in [-0.1, -0.05) is 66.7 Å². The molecule has 0 saturated heterocycles. The second kappa shape index (κ2) is 6.04. The first-order valence-electron chi connectivity index (χ1n) is 8.61. The lowest BCUT2D eigenvalue weighted by atomic mass is 9.80. The first-order chi connectivity index (χ1) is 11.3. The lowest BCUT2D eigenvalue weighted by Gasteiger charge is -2.25. The van der Waals surface area contributed by atoms with Gasteiger partial charge in [-0.25, -0.2) is 0 Å². The van der Waals surface area contributed by atoms with Gasteiger partial charge in [0.15, 0.2) is 0 Å². The summed E-state index contributed by atoms with van der Waals surface area (Å²) in [6.45, 7) is 2.27. The molecule has 0 aliphatic heterocycles. The van der Waals surface area contributed by atoms with Crippen LogP contribution < -0.4 is 0 Å². The summed E-state index contributed by atoms with van der Waals surface area (Å²) >= 11 is 0. The van der Waals surface area contributed by atoms with E-state index >= 15 is 0 Å². The summed E-state index contributed by atoms with van der Waals surface area (Å²) in [6, 6.07) is 24.2. The van der Waals surface area contributed by atoms with Crippen molar-refractivity contribution in [3.05, 3.63) is 83.4 Å². The minimum atomic E-state index is 1.21. The molecule has 114 valence electrons. The van der Waals surface area contributed by atoms with E-state index in [9.17, 15) is 0 Å². The SMILES string of the molecule is Cc1cc2c(c(-c3ccccc3)c1-c1ccccc1)CCCC2.